The molecule has 0 saturated heterocycles. The zero-order chi connectivity index (χ0) is 17.5. The van der Waals surface area contributed by atoms with Gasteiger partial charge in [0.2, 0.25) is 0 Å². The minimum atomic E-state index is 0.454. The zero-order valence-electron chi connectivity index (χ0n) is 14.0. The first kappa shape index (κ1) is 16.0. The van der Waals surface area contributed by atoms with Crippen LogP contribution in [0.15, 0.2) is 54.4 Å². The zero-order valence-corrected chi connectivity index (χ0v) is 15.6. The summed E-state index contributed by atoms with van der Waals surface area (Å²) < 4.78 is 6.50. The summed E-state index contributed by atoms with van der Waals surface area (Å²) in [6.45, 7) is 0. The maximum Gasteiger partial charge on any atom is 0.145 e. The smallest absolute Gasteiger partial charge is 0.145 e. The Hall–Kier alpha value is -2.24. The van der Waals surface area contributed by atoms with Crippen molar-refractivity contribution in [2.45, 2.75) is 31.2 Å². The minimum absolute atomic E-state index is 0.454. The summed E-state index contributed by atoms with van der Waals surface area (Å²) in [6, 6.07) is 11.4. The van der Waals surface area contributed by atoms with E-state index < -0.39 is 0 Å². The second-order valence-corrected chi connectivity index (χ2v) is 7.84. The third-order valence-corrected chi connectivity index (χ3v) is 6.27. The highest BCUT2D eigenvalue weighted by atomic mass is 35.5. The molecule has 130 valence electrons. The molecule has 1 saturated carbocycles. The number of hydrogen-bond acceptors (Lipinski definition) is 4. The van der Waals surface area contributed by atoms with Crippen molar-refractivity contribution in [2.75, 3.05) is 0 Å². The Morgan fingerprint density at radius 1 is 1.12 bits per heavy atom. The van der Waals surface area contributed by atoms with Crippen LogP contribution in [0.3, 0.4) is 0 Å². The van der Waals surface area contributed by atoms with Gasteiger partial charge in [-0.25, -0.2) is 14.3 Å². The van der Waals surface area contributed by atoms with Gasteiger partial charge in [0.15, 0.2) is 0 Å². The van der Waals surface area contributed by atoms with E-state index in [9.17, 15) is 0 Å². The van der Waals surface area contributed by atoms with Crippen molar-refractivity contribution in [2.24, 2.45) is 0 Å². The summed E-state index contributed by atoms with van der Waals surface area (Å²) in [4.78, 5) is 8.53. The van der Waals surface area contributed by atoms with Gasteiger partial charge < -0.3 is 4.57 Å². The molecule has 4 nitrogen and oxygen atoms in total. The molecule has 1 aromatic carbocycles. The molecule has 0 spiro atoms. The Morgan fingerprint density at radius 2 is 2.08 bits per heavy atom. The fraction of sp³-hybridized carbons (Fsp3) is 0.250. The van der Waals surface area contributed by atoms with Crippen molar-refractivity contribution in [3.8, 4) is 11.1 Å². The molecule has 5 rings (SSSR count). The van der Waals surface area contributed by atoms with E-state index in [0.29, 0.717) is 17.1 Å². The fourth-order valence-electron chi connectivity index (χ4n) is 4.07. The van der Waals surface area contributed by atoms with Gasteiger partial charge in [0, 0.05) is 29.4 Å². The van der Waals surface area contributed by atoms with Crippen LogP contribution in [-0.2, 0) is 0 Å². The van der Waals surface area contributed by atoms with Crippen LogP contribution in [0.1, 0.15) is 36.8 Å². The summed E-state index contributed by atoms with van der Waals surface area (Å²) in [7, 11) is 0. The van der Waals surface area contributed by atoms with Gasteiger partial charge in [-0.2, -0.15) is 0 Å². The normalized spacial score (nSPS) is 20.0. The number of fused-ring (bicyclic) bond motifs is 1. The quantitative estimate of drug-likeness (QED) is 0.427. The highest BCUT2D eigenvalue weighted by Crippen LogP contribution is 2.43. The molecule has 3 heterocycles. The van der Waals surface area contributed by atoms with E-state index >= 15 is 0 Å². The van der Waals surface area contributed by atoms with Crippen LogP contribution in [0, 0.1) is 0 Å². The SMILES string of the molecule is Clc1ncnc2c1ccn2C1CCC(c2cccc(-c3cnsc3)c2)C1. The molecule has 1 aliphatic carbocycles. The van der Waals surface area contributed by atoms with Crippen LogP contribution in [0.25, 0.3) is 22.2 Å². The standard InChI is InChI=1S/C20H17ClN4S/c21-19-18-6-7-25(20(18)23-12-22-19)17-5-4-15(9-17)13-2-1-3-14(8-13)16-10-24-26-11-16/h1-3,6-8,10-12,15,17H,4-5,9H2. The predicted octanol–water partition coefficient (Wildman–Crippen LogP) is 5.72. The first-order valence-electron chi connectivity index (χ1n) is 8.76. The van der Waals surface area contributed by atoms with Crippen molar-refractivity contribution in [1.29, 1.82) is 0 Å². The number of rotatable bonds is 3. The Balaban J connectivity index is 1.42. The van der Waals surface area contributed by atoms with E-state index in [4.69, 9.17) is 11.6 Å². The Bertz CT molecular complexity index is 1060. The van der Waals surface area contributed by atoms with Crippen LogP contribution < -0.4 is 0 Å². The first-order valence-corrected chi connectivity index (χ1v) is 9.98. The second kappa shape index (κ2) is 6.49. The average molecular weight is 381 g/mol. The third-order valence-electron chi connectivity index (χ3n) is 5.38. The van der Waals surface area contributed by atoms with Crippen molar-refractivity contribution < 1.29 is 0 Å². The summed E-state index contributed by atoms with van der Waals surface area (Å²) in [5, 5.41) is 3.57. The largest absolute Gasteiger partial charge is 0.329 e. The van der Waals surface area contributed by atoms with Crippen LogP contribution >= 0.6 is 23.1 Å². The third kappa shape index (κ3) is 2.72. The number of aromatic nitrogens is 4. The lowest BCUT2D eigenvalue weighted by Gasteiger charge is -2.15. The van der Waals surface area contributed by atoms with Gasteiger partial charge in [0.05, 0.1) is 5.39 Å². The fourth-order valence-corrected chi connectivity index (χ4v) is 4.80. The number of hydrogen-bond donors (Lipinski definition) is 0. The molecule has 2 unspecified atom stereocenters. The van der Waals surface area contributed by atoms with Crippen LogP contribution in [-0.4, -0.2) is 18.9 Å². The summed E-state index contributed by atoms with van der Waals surface area (Å²) >= 11 is 7.70. The van der Waals surface area contributed by atoms with E-state index in [1.54, 1.807) is 6.33 Å². The molecule has 1 fully saturated rings. The molecular formula is C20H17ClN4S. The molecule has 0 radical (unpaired) electrons. The molecule has 26 heavy (non-hydrogen) atoms. The highest BCUT2D eigenvalue weighted by molar-refractivity contribution is 7.03. The summed E-state index contributed by atoms with van der Waals surface area (Å²) in [5.74, 6) is 0.571. The van der Waals surface area contributed by atoms with Gasteiger partial charge >= 0.3 is 0 Å². The van der Waals surface area contributed by atoms with Crippen LogP contribution in [0.2, 0.25) is 5.15 Å². The number of halogens is 1. The van der Waals surface area contributed by atoms with Gasteiger partial charge in [-0.05, 0) is 53.9 Å². The average Bonchev–Trinajstić information content (AvgIpc) is 3.41. The molecule has 4 aromatic rings. The van der Waals surface area contributed by atoms with E-state index in [-0.39, 0.29) is 0 Å². The lowest BCUT2D eigenvalue weighted by molar-refractivity contribution is 0.523. The van der Waals surface area contributed by atoms with Crippen LogP contribution in [0.5, 0.6) is 0 Å². The predicted molar refractivity (Wildman–Crippen MR) is 106 cm³/mol. The Labute approximate surface area is 160 Å². The van der Waals surface area contributed by atoms with Crippen molar-refractivity contribution in [3.05, 3.63) is 65.1 Å². The summed E-state index contributed by atoms with van der Waals surface area (Å²) in [6.07, 6.45) is 9.06. The van der Waals surface area contributed by atoms with Crippen molar-refractivity contribution >= 4 is 34.2 Å². The monoisotopic (exact) mass is 380 g/mol. The van der Waals surface area contributed by atoms with E-state index in [0.717, 1.165) is 23.9 Å². The number of nitrogens with zero attached hydrogens (tertiary/aromatic N) is 4. The van der Waals surface area contributed by atoms with Crippen LogP contribution in [0.4, 0.5) is 0 Å². The molecule has 0 bridgehead atoms. The maximum atomic E-state index is 6.20. The molecule has 0 aliphatic heterocycles. The van der Waals surface area contributed by atoms with Gasteiger partial charge in [-0.3, -0.25) is 0 Å². The molecule has 1 aliphatic rings. The Kier molecular flexibility index (Phi) is 3.98. The number of benzene rings is 1. The molecule has 3 aromatic heterocycles. The van der Waals surface area contributed by atoms with Gasteiger partial charge in [0.1, 0.15) is 17.1 Å². The molecule has 2 atom stereocenters. The molecule has 0 N–H and O–H groups in total. The highest BCUT2D eigenvalue weighted by Gasteiger charge is 2.28. The van der Waals surface area contributed by atoms with Crippen molar-refractivity contribution in [3.63, 3.8) is 0 Å². The molecular weight excluding hydrogens is 364 g/mol. The topological polar surface area (TPSA) is 43.6 Å². The Morgan fingerprint density at radius 3 is 2.96 bits per heavy atom. The van der Waals surface area contributed by atoms with Gasteiger partial charge in [-0.1, -0.05) is 35.9 Å². The molecule has 6 heteroatoms. The van der Waals surface area contributed by atoms with E-state index in [1.165, 1.54) is 34.6 Å². The second-order valence-electron chi connectivity index (χ2n) is 6.83. The molecule has 0 amide bonds. The van der Waals surface area contributed by atoms with Crippen molar-refractivity contribution in [1.82, 2.24) is 18.9 Å². The maximum absolute atomic E-state index is 6.20. The van der Waals surface area contributed by atoms with E-state index in [2.05, 4.69) is 54.8 Å². The van der Waals surface area contributed by atoms with Gasteiger partial charge in [-0.15, -0.1) is 0 Å². The lowest BCUT2D eigenvalue weighted by atomic mass is 9.94. The summed E-state index contributed by atoms with van der Waals surface area (Å²) in [5.41, 5.74) is 4.81. The van der Waals surface area contributed by atoms with E-state index in [1.807, 2.05) is 12.3 Å². The lowest BCUT2D eigenvalue weighted by Crippen LogP contribution is -2.05. The van der Waals surface area contributed by atoms with Gasteiger partial charge in [0.25, 0.3) is 0 Å². The first-order chi connectivity index (χ1) is 12.8. The minimum Gasteiger partial charge on any atom is -0.329 e.